The number of piperidine rings is 1. The molecule has 1 aliphatic carbocycles. The fourth-order valence-corrected chi connectivity index (χ4v) is 6.21. The molecule has 0 spiro atoms. The number of sulfonamides is 1. The van der Waals surface area contributed by atoms with Crippen LogP contribution in [0.2, 0.25) is 0 Å². The molecule has 144 valence electrons. The van der Waals surface area contributed by atoms with Crippen LogP contribution in [0.5, 0.6) is 0 Å². The maximum atomic E-state index is 12.7. The molecule has 1 unspecified atom stereocenters. The molecule has 1 aromatic rings. The second-order valence-electron chi connectivity index (χ2n) is 6.82. The Morgan fingerprint density at radius 1 is 1.15 bits per heavy atom. The minimum atomic E-state index is -3.44. The molecule has 2 fully saturated rings. The average molecular weight is 401 g/mol. The van der Waals surface area contributed by atoms with E-state index in [0.717, 1.165) is 37.0 Å². The van der Waals surface area contributed by atoms with Gasteiger partial charge in [0.1, 0.15) is 4.88 Å². The summed E-state index contributed by atoms with van der Waals surface area (Å²) < 4.78 is 32.8. The molecule has 1 saturated carbocycles. The topological polar surface area (TPSA) is 92.8 Å². The number of likely N-dealkylation sites (tertiary alicyclic amines) is 1. The predicted octanol–water partition coefficient (Wildman–Crippen LogP) is 2.00. The highest BCUT2D eigenvalue weighted by molar-refractivity contribution is 7.90. The van der Waals surface area contributed by atoms with E-state index < -0.39 is 21.2 Å². The molecule has 1 saturated heterocycles. The van der Waals surface area contributed by atoms with Gasteiger partial charge < -0.3 is 9.64 Å². The van der Waals surface area contributed by atoms with E-state index in [9.17, 15) is 18.0 Å². The smallest absolute Gasteiger partial charge is 0.348 e. The van der Waals surface area contributed by atoms with Crippen LogP contribution in [0.15, 0.2) is 12.1 Å². The highest BCUT2D eigenvalue weighted by Gasteiger charge is 2.35. The van der Waals surface area contributed by atoms with E-state index in [0.29, 0.717) is 29.1 Å². The molecule has 9 heteroatoms. The maximum Gasteiger partial charge on any atom is 0.348 e. The molecule has 0 bridgehead atoms. The van der Waals surface area contributed by atoms with Crippen LogP contribution in [0.1, 0.15) is 57.9 Å². The Bertz CT molecular complexity index is 768. The number of hydrogen-bond acceptors (Lipinski definition) is 6. The van der Waals surface area contributed by atoms with Crippen molar-refractivity contribution in [3.8, 4) is 0 Å². The van der Waals surface area contributed by atoms with Gasteiger partial charge in [0.2, 0.25) is 10.0 Å². The lowest BCUT2D eigenvalue weighted by atomic mass is 10.1. The molecule has 26 heavy (non-hydrogen) atoms. The molecular formula is C17H24N2O5S2. The zero-order chi connectivity index (χ0) is 18.7. The van der Waals surface area contributed by atoms with Gasteiger partial charge >= 0.3 is 5.97 Å². The van der Waals surface area contributed by atoms with Gasteiger partial charge in [0.05, 0.1) is 17.2 Å². The summed E-state index contributed by atoms with van der Waals surface area (Å²) >= 11 is 1.07. The molecule has 1 atom stereocenters. The summed E-state index contributed by atoms with van der Waals surface area (Å²) in [5.41, 5.74) is 0. The summed E-state index contributed by atoms with van der Waals surface area (Å²) in [6.45, 7) is 0.714. The molecule has 1 N–H and O–H groups in total. The van der Waals surface area contributed by atoms with Gasteiger partial charge in [-0.1, -0.05) is 12.8 Å². The normalized spacial score (nSPS) is 21.7. The SMILES string of the molecule is COC(=O)c1ccc(C(=O)N2CCCC(S(=O)(=O)NC3CCCC3)C2)s1. The van der Waals surface area contributed by atoms with Gasteiger partial charge in [-0.2, -0.15) is 0 Å². The van der Waals surface area contributed by atoms with Crippen LogP contribution in [0.25, 0.3) is 0 Å². The first kappa shape index (κ1) is 19.3. The molecule has 2 heterocycles. The molecule has 7 nitrogen and oxygen atoms in total. The van der Waals surface area contributed by atoms with Crippen molar-refractivity contribution in [3.05, 3.63) is 21.9 Å². The van der Waals surface area contributed by atoms with Crippen molar-refractivity contribution < 1.29 is 22.7 Å². The first-order valence-corrected chi connectivity index (χ1v) is 11.3. The quantitative estimate of drug-likeness (QED) is 0.763. The monoisotopic (exact) mass is 400 g/mol. The summed E-state index contributed by atoms with van der Waals surface area (Å²) in [5, 5.41) is -0.583. The highest BCUT2D eigenvalue weighted by atomic mass is 32.2. The Labute approximate surface area is 157 Å². The van der Waals surface area contributed by atoms with Crippen molar-refractivity contribution in [2.24, 2.45) is 0 Å². The number of methoxy groups -OCH3 is 1. The molecular weight excluding hydrogens is 376 g/mol. The lowest BCUT2D eigenvalue weighted by Crippen LogP contribution is -2.49. The number of thiophene rings is 1. The predicted molar refractivity (Wildman–Crippen MR) is 98.9 cm³/mol. The van der Waals surface area contributed by atoms with Gasteiger partial charge in [-0.25, -0.2) is 17.9 Å². The first-order chi connectivity index (χ1) is 12.4. The Morgan fingerprint density at radius 2 is 1.85 bits per heavy atom. The molecule has 1 aromatic heterocycles. The van der Waals surface area contributed by atoms with E-state index in [1.165, 1.54) is 7.11 Å². The molecule has 0 aromatic carbocycles. The van der Waals surface area contributed by atoms with Gasteiger partial charge in [0, 0.05) is 19.1 Å². The Hall–Kier alpha value is -1.45. The molecule has 3 rings (SSSR count). The third-order valence-electron chi connectivity index (χ3n) is 4.99. The van der Waals surface area contributed by atoms with Crippen molar-refractivity contribution in [2.45, 2.75) is 49.8 Å². The zero-order valence-corrected chi connectivity index (χ0v) is 16.4. The van der Waals surface area contributed by atoms with Crippen LogP contribution in [0.4, 0.5) is 0 Å². The minimum Gasteiger partial charge on any atom is -0.465 e. The minimum absolute atomic E-state index is 0.0333. The van der Waals surface area contributed by atoms with E-state index in [1.54, 1.807) is 17.0 Å². The average Bonchev–Trinajstić information content (AvgIpc) is 3.32. The van der Waals surface area contributed by atoms with E-state index in [1.807, 2.05) is 0 Å². The van der Waals surface area contributed by atoms with Crippen LogP contribution >= 0.6 is 11.3 Å². The van der Waals surface area contributed by atoms with Crippen LogP contribution in [-0.4, -0.2) is 56.7 Å². The Kier molecular flexibility index (Phi) is 5.99. The third kappa shape index (κ3) is 4.27. The zero-order valence-electron chi connectivity index (χ0n) is 14.8. The fraction of sp³-hybridized carbons (Fsp3) is 0.647. The second-order valence-corrected chi connectivity index (χ2v) is 9.89. The van der Waals surface area contributed by atoms with E-state index in [2.05, 4.69) is 9.46 Å². The van der Waals surface area contributed by atoms with Crippen LogP contribution < -0.4 is 4.72 Å². The number of rotatable bonds is 5. The summed E-state index contributed by atoms with van der Waals surface area (Å²) in [4.78, 5) is 26.6. The Morgan fingerprint density at radius 3 is 2.54 bits per heavy atom. The van der Waals surface area contributed by atoms with Gasteiger partial charge in [0.25, 0.3) is 5.91 Å². The van der Waals surface area contributed by atoms with Crippen molar-refractivity contribution >= 4 is 33.2 Å². The molecule has 0 radical (unpaired) electrons. The fourth-order valence-electron chi connectivity index (χ4n) is 3.57. The lowest BCUT2D eigenvalue weighted by Gasteiger charge is -2.32. The second kappa shape index (κ2) is 8.06. The van der Waals surface area contributed by atoms with E-state index in [-0.39, 0.29) is 18.5 Å². The number of hydrogen-bond donors (Lipinski definition) is 1. The van der Waals surface area contributed by atoms with Gasteiger partial charge in [-0.15, -0.1) is 11.3 Å². The van der Waals surface area contributed by atoms with Crippen molar-refractivity contribution in [1.29, 1.82) is 0 Å². The van der Waals surface area contributed by atoms with Gasteiger partial charge in [0.15, 0.2) is 0 Å². The summed E-state index contributed by atoms with van der Waals surface area (Å²) in [6.07, 6.45) is 5.10. The number of nitrogens with zero attached hydrogens (tertiary/aromatic N) is 1. The van der Waals surface area contributed by atoms with Gasteiger partial charge in [-0.3, -0.25) is 4.79 Å². The Balaban J connectivity index is 1.66. The van der Waals surface area contributed by atoms with Crippen molar-refractivity contribution in [2.75, 3.05) is 20.2 Å². The number of ether oxygens (including phenoxy) is 1. The molecule has 2 aliphatic rings. The largest absolute Gasteiger partial charge is 0.465 e. The molecule has 1 amide bonds. The summed E-state index contributed by atoms with van der Waals surface area (Å²) in [7, 11) is -2.15. The van der Waals surface area contributed by atoms with Crippen LogP contribution in [-0.2, 0) is 14.8 Å². The summed E-state index contributed by atoms with van der Waals surface area (Å²) in [5.74, 6) is -0.708. The summed E-state index contributed by atoms with van der Waals surface area (Å²) in [6, 6.07) is 3.18. The standard InChI is InChI=1S/C17H24N2O5S2/c1-24-17(21)15-9-8-14(25-15)16(20)19-10-4-7-13(11-19)26(22,23)18-12-5-2-3-6-12/h8-9,12-13,18H,2-7,10-11H2,1H3. The van der Waals surface area contributed by atoms with Crippen molar-refractivity contribution in [3.63, 3.8) is 0 Å². The maximum absolute atomic E-state index is 12.7. The number of esters is 1. The van der Waals surface area contributed by atoms with E-state index in [4.69, 9.17) is 0 Å². The molecule has 1 aliphatic heterocycles. The number of carbonyl (C=O) groups is 2. The van der Waals surface area contributed by atoms with Crippen molar-refractivity contribution in [1.82, 2.24) is 9.62 Å². The number of carbonyl (C=O) groups excluding carboxylic acids is 2. The van der Waals surface area contributed by atoms with Crippen LogP contribution in [0.3, 0.4) is 0 Å². The third-order valence-corrected chi connectivity index (χ3v) is 7.97. The van der Waals surface area contributed by atoms with Gasteiger partial charge in [-0.05, 0) is 37.8 Å². The number of amides is 1. The number of nitrogens with one attached hydrogen (secondary N) is 1. The highest BCUT2D eigenvalue weighted by Crippen LogP contribution is 2.25. The van der Waals surface area contributed by atoms with Crippen LogP contribution in [0, 0.1) is 0 Å². The van der Waals surface area contributed by atoms with E-state index >= 15 is 0 Å². The lowest BCUT2D eigenvalue weighted by molar-refractivity contribution is 0.0606. The first-order valence-electron chi connectivity index (χ1n) is 8.89.